The van der Waals surface area contributed by atoms with Crippen molar-refractivity contribution in [2.24, 2.45) is 0 Å². The van der Waals surface area contributed by atoms with Crippen LogP contribution in [-0.2, 0) is 24.4 Å². The second-order valence-corrected chi connectivity index (χ2v) is 8.82. The van der Waals surface area contributed by atoms with Gasteiger partial charge in [-0.15, -0.1) is 0 Å². The second-order valence-electron chi connectivity index (χ2n) is 8.82. The molecule has 0 aromatic heterocycles. The predicted molar refractivity (Wildman–Crippen MR) is 153 cm³/mol. The molecule has 6 heteroatoms. The third-order valence-electron chi connectivity index (χ3n) is 6.03. The Bertz CT molecular complexity index is 1370. The summed E-state index contributed by atoms with van der Waals surface area (Å²) < 4.78 is 22.8. The van der Waals surface area contributed by atoms with Crippen LogP contribution < -0.4 is 24.3 Å². The fraction of sp³-hybridized carbons (Fsp3) is 0.182. The lowest BCUT2D eigenvalue weighted by atomic mass is 10.1. The van der Waals surface area contributed by atoms with E-state index in [4.69, 9.17) is 18.9 Å². The molecule has 200 valence electrons. The normalized spacial score (nSPS) is 10.7. The summed E-state index contributed by atoms with van der Waals surface area (Å²) in [6.45, 7) is 1.41. The Labute approximate surface area is 229 Å². The van der Waals surface area contributed by atoms with E-state index in [2.05, 4.69) is 5.32 Å². The van der Waals surface area contributed by atoms with E-state index in [0.717, 1.165) is 22.3 Å². The second kappa shape index (κ2) is 14.3. The highest BCUT2D eigenvalue weighted by Crippen LogP contribution is 2.30. The van der Waals surface area contributed by atoms with E-state index in [1.807, 2.05) is 97.1 Å². The summed E-state index contributed by atoms with van der Waals surface area (Å²) in [5.74, 6) is 2.44. The number of amides is 1. The van der Waals surface area contributed by atoms with Crippen molar-refractivity contribution in [1.29, 1.82) is 0 Å². The lowest BCUT2D eigenvalue weighted by Crippen LogP contribution is -2.23. The van der Waals surface area contributed by atoms with E-state index in [0.29, 0.717) is 49.2 Å². The average molecular weight is 524 g/mol. The van der Waals surface area contributed by atoms with Crippen LogP contribution in [-0.4, -0.2) is 26.7 Å². The van der Waals surface area contributed by atoms with Crippen molar-refractivity contribution in [3.05, 3.63) is 125 Å². The molecule has 4 aromatic carbocycles. The highest BCUT2D eigenvalue weighted by atomic mass is 16.5. The SMILES string of the molecule is COc1cc(/C=C\C(=O)NCCc2ccc(OCc3ccccc3)c(OC)c2)ccc1OCc1ccccc1. The molecule has 4 rings (SSSR count). The van der Waals surface area contributed by atoms with Crippen LogP contribution in [0.1, 0.15) is 22.3 Å². The van der Waals surface area contributed by atoms with E-state index in [1.54, 1.807) is 20.3 Å². The fourth-order valence-electron chi connectivity index (χ4n) is 3.93. The molecule has 0 saturated heterocycles. The number of nitrogens with one attached hydrogen (secondary N) is 1. The quantitative estimate of drug-likeness (QED) is 0.210. The van der Waals surface area contributed by atoms with Crippen molar-refractivity contribution in [3.63, 3.8) is 0 Å². The molecule has 0 unspecified atom stereocenters. The number of hydrogen-bond acceptors (Lipinski definition) is 5. The maximum atomic E-state index is 12.4. The third-order valence-corrected chi connectivity index (χ3v) is 6.03. The van der Waals surface area contributed by atoms with E-state index < -0.39 is 0 Å². The minimum atomic E-state index is -0.173. The summed E-state index contributed by atoms with van der Waals surface area (Å²) in [5, 5.41) is 2.92. The molecule has 0 aliphatic rings. The van der Waals surface area contributed by atoms with Gasteiger partial charge in [-0.3, -0.25) is 4.79 Å². The van der Waals surface area contributed by atoms with Crippen molar-refractivity contribution in [3.8, 4) is 23.0 Å². The molecule has 0 aliphatic carbocycles. The van der Waals surface area contributed by atoms with Crippen LogP contribution in [0.5, 0.6) is 23.0 Å². The molecule has 0 atom stereocenters. The molecular formula is C33H33NO5. The monoisotopic (exact) mass is 523 g/mol. The van der Waals surface area contributed by atoms with E-state index in [-0.39, 0.29) is 5.91 Å². The van der Waals surface area contributed by atoms with E-state index in [1.165, 1.54) is 6.08 Å². The Hall–Kier alpha value is -4.71. The largest absolute Gasteiger partial charge is 0.493 e. The first-order valence-corrected chi connectivity index (χ1v) is 12.8. The molecule has 0 spiro atoms. The molecule has 39 heavy (non-hydrogen) atoms. The minimum absolute atomic E-state index is 0.173. The summed E-state index contributed by atoms with van der Waals surface area (Å²) in [6.07, 6.45) is 3.93. The Balaban J connectivity index is 1.25. The van der Waals surface area contributed by atoms with Gasteiger partial charge in [0.1, 0.15) is 13.2 Å². The highest BCUT2D eigenvalue weighted by Gasteiger charge is 2.08. The van der Waals surface area contributed by atoms with Crippen molar-refractivity contribution in [1.82, 2.24) is 5.32 Å². The lowest BCUT2D eigenvalue weighted by Gasteiger charge is -2.12. The number of methoxy groups -OCH3 is 2. The number of ether oxygens (including phenoxy) is 4. The lowest BCUT2D eigenvalue weighted by molar-refractivity contribution is -0.116. The van der Waals surface area contributed by atoms with Crippen LogP contribution in [0, 0.1) is 0 Å². The smallest absolute Gasteiger partial charge is 0.244 e. The van der Waals surface area contributed by atoms with Crippen molar-refractivity contribution >= 4 is 12.0 Å². The first-order chi connectivity index (χ1) is 19.1. The van der Waals surface area contributed by atoms with Gasteiger partial charge in [0.25, 0.3) is 0 Å². The van der Waals surface area contributed by atoms with Crippen LogP contribution in [0.4, 0.5) is 0 Å². The van der Waals surface area contributed by atoms with Gasteiger partial charge in [0.05, 0.1) is 14.2 Å². The van der Waals surface area contributed by atoms with Gasteiger partial charge in [0.2, 0.25) is 5.91 Å². The molecule has 6 nitrogen and oxygen atoms in total. The van der Waals surface area contributed by atoms with Crippen molar-refractivity contribution in [2.75, 3.05) is 20.8 Å². The molecule has 0 aliphatic heterocycles. The summed E-state index contributed by atoms with van der Waals surface area (Å²) in [7, 11) is 3.22. The van der Waals surface area contributed by atoms with Crippen LogP contribution in [0.3, 0.4) is 0 Å². The zero-order valence-corrected chi connectivity index (χ0v) is 22.3. The number of hydrogen-bond donors (Lipinski definition) is 1. The molecule has 0 saturated carbocycles. The number of carbonyl (C=O) groups is 1. The fourth-order valence-corrected chi connectivity index (χ4v) is 3.93. The van der Waals surface area contributed by atoms with Crippen LogP contribution in [0.2, 0.25) is 0 Å². The van der Waals surface area contributed by atoms with Crippen molar-refractivity contribution < 1.29 is 23.7 Å². The molecule has 4 aromatic rings. The zero-order valence-electron chi connectivity index (χ0n) is 22.3. The van der Waals surface area contributed by atoms with E-state index in [9.17, 15) is 4.79 Å². The van der Waals surface area contributed by atoms with Gasteiger partial charge in [0.15, 0.2) is 23.0 Å². The standard InChI is InChI=1S/C33H33NO5/c1-36-31-21-25(13-16-29(31)38-23-27-9-5-3-6-10-27)15-18-33(35)34-20-19-26-14-17-30(32(22-26)37-2)39-24-28-11-7-4-8-12-28/h3-18,21-22H,19-20,23-24H2,1-2H3,(H,34,35)/b18-15-. The minimum Gasteiger partial charge on any atom is -0.493 e. The van der Waals surface area contributed by atoms with Gasteiger partial charge in [-0.05, 0) is 59.0 Å². The topological polar surface area (TPSA) is 66.0 Å². The van der Waals surface area contributed by atoms with E-state index >= 15 is 0 Å². The van der Waals surface area contributed by atoms with Crippen LogP contribution in [0.25, 0.3) is 6.08 Å². The Morgan fingerprint density at radius 1 is 0.667 bits per heavy atom. The maximum absolute atomic E-state index is 12.4. The summed E-state index contributed by atoms with van der Waals surface area (Å²) in [4.78, 5) is 12.4. The summed E-state index contributed by atoms with van der Waals surface area (Å²) in [5.41, 5.74) is 4.04. The van der Waals surface area contributed by atoms with Gasteiger partial charge < -0.3 is 24.3 Å². The number of rotatable bonds is 13. The van der Waals surface area contributed by atoms with Gasteiger partial charge in [0, 0.05) is 12.6 Å². The predicted octanol–water partition coefficient (Wildman–Crippen LogP) is 6.23. The van der Waals surface area contributed by atoms with Gasteiger partial charge in [-0.2, -0.15) is 0 Å². The molecule has 0 bridgehead atoms. The molecule has 1 amide bonds. The van der Waals surface area contributed by atoms with Gasteiger partial charge in [-0.1, -0.05) is 72.8 Å². The third kappa shape index (κ3) is 8.40. The molecule has 0 heterocycles. The highest BCUT2D eigenvalue weighted by molar-refractivity contribution is 5.91. The van der Waals surface area contributed by atoms with Crippen molar-refractivity contribution in [2.45, 2.75) is 19.6 Å². The Kier molecular flexibility index (Phi) is 10.0. The maximum Gasteiger partial charge on any atom is 0.244 e. The Morgan fingerprint density at radius 2 is 1.23 bits per heavy atom. The van der Waals surface area contributed by atoms with Gasteiger partial charge in [-0.25, -0.2) is 0 Å². The zero-order chi connectivity index (χ0) is 27.3. The molecule has 0 fully saturated rings. The van der Waals surface area contributed by atoms with Gasteiger partial charge >= 0.3 is 0 Å². The Morgan fingerprint density at radius 3 is 1.82 bits per heavy atom. The summed E-state index contributed by atoms with van der Waals surface area (Å²) in [6, 6.07) is 31.3. The molecular weight excluding hydrogens is 490 g/mol. The molecule has 1 N–H and O–H groups in total. The number of carbonyl (C=O) groups excluding carboxylic acids is 1. The number of benzene rings is 4. The molecule has 0 radical (unpaired) electrons. The first-order valence-electron chi connectivity index (χ1n) is 12.8. The van der Waals surface area contributed by atoms with Crippen LogP contribution in [0.15, 0.2) is 103 Å². The summed E-state index contributed by atoms with van der Waals surface area (Å²) >= 11 is 0. The average Bonchev–Trinajstić information content (AvgIpc) is 2.99. The first kappa shape index (κ1) is 27.3. The van der Waals surface area contributed by atoms with Crippen LogP contribution >= 0.6 is 0 Å².